The number of hydrogen-bond acceptors (Lipinski definition) is 4. The highest BCUT2D eigenvalue weighted by molar-refractivity contribution is 8.01. The lowest BCUT2D eigenvalue weighted by molar-refractivity contribution is -0.341. The molecule has 11 heteroatoms. The van der Waals surface area contributed by atoms with Crippen LogP contribution < -0.4 is 0 Å². The fourth-order valence-electron chi connectivity index (χ4n) is 4.37. The average Bonchev–Trinajstić information content (AvgIpc) is 3.27. The minimum absolute atomic E-state index is 0.0837. The number of halogens is 6. The number of thiazole rings is 1. The molecule has 1 heterocycles. The van der Waals surface area contributed by atoms with Crippen LogP contribution in [0.1, 0.15) is 60.3 Å². The molecule has 0 saturated carbocycles. The monoisotopic (exact) mass is 611 g/mol. The number of thioether (sulfide) groups is 1. The molecule has 2 aromatic rings. The van der Waals surface area contributed by atoms with Crippen LogP contribution in [0.3, 0.4) is 0 Å². The summed E-state index contributed by atoms with van der Waals surface area (Å²) in [5.41, 5.74) is -3.76. The summed E-state index contributed by atoms with van der Waals surface area (Å²) in [5.74, 6) is 0.779. The highest BCUT2D eigenvalue weighted by atomic mass is 32.2. The lowest BCUT2D eigenvalue weighted by Crippen LogP contribution is -2.62. The molecule has 0 fully saturated rings. The quantitative estimate of drug-likeness (QED) is 0.0658. The number of nitrogens with zero attached hydrogens (tertiary/aromatic N) is 1. The molecule has 39 heavy (non-hydrogen) atoms. The van der Waals surface area contributed by atoms with Crippen LogP contribution in [0.5, 0.6) is 0 Å². The Morgan fingerprint density at radius 3 is 2.10 bits per heavy atom. The topological polar surface area (TPSA) is 22.1 Å². The molecule has 0 saturated heterocycles. The number of alkyl halides is 6. The van der Waals surface area contributed by atoms with Gasteiger partial charge in [0.05, 0.1) is 10.2 Å². The smallest absolute Gasteiger partial charge is 0.393 e. The van der Waals surface area contributed by atoms with Gasteiger partial charge in [0.25, 0.3) is 5.60 Å². The first-order chi connectivity index (χ1) is 18.1. The molecular weight excluding hydrogens is 573 g/mol. The molecule has 220 valence electrons. The van der Waals surface area contributed by atoms with Crippen LogP contribution in [0.4, 0.5) is 26.3 Å². The third-order valence-electron chi connectivity index (χ3n) is 7.14. The second kappa shape index (κ2) is 14.0. The molecule has 2 rings (SSSR count). The summed E-state index contributed by atoms with van der Waals surface area (Å²) in [6.45, 7) is 8.54. The van der Waals surface area contributed by atoms with E-state index in [-0.39, 0.29) is 30.6 Å². The van der Waals surface area contributed by atoms with Gasteiger partial charge in [-0.05, 0) is 67.4 Å². The molecule has 0 spiro atoms. The van der Waals surface area contributed by atoms with Gasteiger partial charge in [-0.2, -0.15) is 26.3 Å². The Hall–Kier alpha value is -1.30. The zero-order chi connectivity index (χ0) is 29.4. The largest absolute Gasteiger partial charge is 0.429 e. The van der Waals surface area contributed by atoms with Crippen LogP contribution >= 0.6 is 23.1 Å². The Labute approximate surface area is 237 Å². The Morgan fingerprint density at radius 1 is 0.923 bits per heavy atom. The van der Waals surface area contributed by atoms with Crippen LogP contribution in [0.2, 0.25) is 18.1 Å². The maximum absolute atomic E-state index is 14.1. The number of unbranched alkanes of at least 4 members (excludes halogenated alkanes) is 1. The van der Waals surface area contributed by atoms with Crippen LogP contribution in [0, 0.1) is 5.41 Å². The van der Waals surface area contributed by atoms with Crippen LogP contribution in [0.25, 0.3) is 10.2 Å². The predicted octanol–water partition coefficient (Wildman–Crippen LogP) is 11.0. The van der Waals surface area contributed by atoms with Crippen molar-refractivity contribution in [2.75, 3.05) is 5.75 Å². The highest BCUT2D eigenvalue weighted by Crippen LogP contribution is 2.50. The number of allylic oxidation sites excluding steroid dienone is 2. The van der Waals surface area contributed by atoms with Gasteiger partial charge in [-0.1, -0.05) is 76.7 Å². The summed E-state index contributed by atoms with van der Waals surface area (Å²) in [5, 5.41) is 0. The van der Waals surface area contributed by atoms with Gasteiger partial charge < -0.3 is 4.43 Å². The lowest BCUT2D eigenvalue weighted by Gasteiger charge is -2.42. The summed E-state index contributed by atoms with van der Waals surface area (Å²) in [6, 6.07) is 8.51. The molecule has 1 aromatic carbocycles. The zero-order valence-corrected chi connectivity index (χ0v) is 25.8. The van der Waals surface area contributed by atoms with Crippen molar-refractivity contribution in [1.29, 1.82) is 0 Å². The molecule has 0 aliphatic carbocycles. The van der Waals surface area contributed by atoms with Crippen LogP contribution in [-0.2, 0) is 4.43 Å². The minimum atomic E-state index is -5.61. The van der Waals surface area contributed by atoms with Gasteiger partial charge >= 0.3 is 12.4 Å². The molecule has 2 nitrogen and oxygen atoms in total. The van der Waals surface area contributed by atoms with Crippen molar-refractivity contribution in [3.63, 3.8) is 0 Å². The maximum Gasteiger partial charge on any atom is 0.429 e. The Balaban J connectivity index is 1.95. The highest BCUT2D eigenvalue weighted by Gasteiger charge is 2.72. The van der Waals surface area contributed by atoms with Crippen molar-refractivity contribution < 1.29 is 30.8 Å². The molecular formula is C28H39F6NOS2Si. The van der Waals surface area contributed by atoms with E-state index in [9.17, 15) is 26.3 Å². The van der Waals surface area contributed by atoms with Gasteiger partial charge in [0.15, 0.2) is 12.7 Å². The van der Waals surface area contributed by atoms with Crippen molar-refractivity contribution in [2.24, 2.45) is 5.41 Å². The molecule has 0 amide bonds. The number of aromatic nitrogens is 1. The van der Waals surface area contributed by atoms with Gasteiger partial charge in [0.2, 0.25) is 0 Å². The van der Waals surface area contributed by atoms with E-state index in [0.717, 1.165) is 39.2 Å². The fourth-order valence-corrected chi connectivity index (χ4v) is 9.23. The summed E-state index contributed by atoms with van der Waals surface area (Å²) >= 11 is 3.31. The van der Waals surface area contributed by atoms with Crippen LogP contribution in [-0.4, -0.2) is 37.0 Å². The SMILES string of the molecule is CC[Si](CC)(CC)OC(/C=C\CC(C)(C)CCC/C=C/CSc1nc2ccccc2s1)(C(F)(F)F)C(F)(F)F. The summed E-state index contributed by atoms with van der Waals surface area (Å²) < 4.78 is 91.7. The normalized spacial score (nSPS) is 14.3. The molecule has 0 atom stereocenters. The van der Waals surface area contributed by atoms with Crippen molar-refractivity contribution in [1.82, 2.24) is 4.98 Å². The standard InChI is InChI=1S/C28H39F6NOS2Si/c1-6-39(7-2,8-3)36-26(27(29,30)31,28(32,33)34)20-15-19-25(4,5)18-13-9-10-14-21-37-24-35-22-16-11-12-17-23(22)38-24/h10-12,14-17,20H,6-9,13,18-19,21H2,1-5H3/b14-10+,20-15-. The van der Waals surface area contributed by atoms with E-state index >= 15 is 0 Å². The molecule has 0 aliphatic heterocycles. The summed E-state index contributed by atoms with van der Waals surface area (Å²) in [6.07, 6.45) is -3.55. The number of benzene rings is 1. The van der Waals surface area contributed by atoms with E-state index in [1.165, 1.54) is 0 Å². The second-order valence-electron chi connectivity index (χ2n) is 10.5. The molecule has 1 aromatic heterocycles. The van der Waals surface area contributed by atoms with Crippen molar-refractivity contribution in [3.05, 3.63) is 48.6 Å². The number of hydrogen-bond donors (Lipinski definition) is 0. The van der Waals surface area contributed by atoms with Crippen molar-refractivity contribution in [3.8, 4) is 0 Å². The molecule has 0 unspecified atom stereocenters. The van der Waals surface area contributed by atoms with E-state index in [1.54, 1.807) is 43.9 Å². The maximum atomic E-state index is 14.1. The van der Waals surface area contributed by atoms with Gasteiger partial charge in [0.1, 0.15) is 0 Å². The minimum Gasteiger partial charge on any atom is -0.393 e. The van der Waals surface area contributed by atoms with E-state index < -0.39 is 31.7 Å². The number of rotatable bonds is 15. The van der Waals surface area contributed by atoms with Gasteiger partial charge in [-0.3, -0.25) is 0 Å². The Bertz CT molecular complexity index is 1030. The average molecular weight is 612 g/mol. The Morgan fingerprint density at radius 2 is 1.54 bits per heavy atom. The fraction of sp³-hybridized carbons (Fsp3) is 0.607. The molecule has 0 bridgehead atoms. The van der Waals surface area contributed by atoms with E-state index in [1.807, 2.05) is 38.1 Å². The zero-order valence-electron chi connectivity index (χ0n) is 23.2. The summed E-state index contributed by atoms with van der Waals surface area (Å²) in [7, 11) is -3.24. The summed E-state index contributed by atoms with van der Waals surface area (Å²) in [4.78, 5) is 4.58. The number of fused-ring (bicyclic) bond motifs is 1. The van der Waals surface area contributed by atoms with E-state index in [4.69, 9.17) is 4.43 Å². The first-order valence-corrected chi connectivity index (χ1v) is 17.6. The van der Waals surface area contributed by atoms with Crippen molar-refractivity contribution in [2.45, 2.75) is 101 Å². The van der Waals surface area contributed by atoms with Gasteiger partial charge in [0, 0.05) is 5.75 Å². The van der Waals surface area contributed by atoms with Crippen molar-refractivity contribution >= 4 is 41.6 Å². The van der Waals surface area contributed by atoms with E-state index in [0.29, 0.717) is 6.42 Å². The third-order valence-corrected chi connectivity index (χ3v) is 13.9. The second-order valence-corrected chi connectivity index (χ2v) is 17.5. The van der Waals surface area contributed by atoms with E-state index in [2.05, 4.69) is 17.1 Å². The van der Waals surface area contributed by atoms with Gasteiger partial charge in [-0.25, -0.2) is 4.98 Å². The first kappa shape index (κ1) is 33.9. The predicted molar refractivity (Wildman–Crippen MR) is 154 cm³/mol. The third kappa shape index (κ3) is 9.09. The Kier molecular flexibility index (Phi) is 12.2. The lowest BCUT2D eigenvalue weighted by atomic mass is 9.83. The van der Waals surface area contributed by atoms with Gasteiger partial charge in [-0.15, -0.1) is 11.3 Å². The molecule has 0 N–H and O–H groups in total. The molecule has 0 aliphatic rings. The van der Waals surface area contributed by atoms with Crippen LogP contribution in [0.15, 0.2) is 52.9 Å². The first-order valence-electron chi connectivity index (χ1n) is 13.3. The number of para-hydroxylation sites is 1. The molecule has 0 radical (unpaired) electrons.